The lowest BCUT2D eigenvalue weighted by Crippen LogP contribution is -2.35. The molecule has 2 rings (SSSR count). The molecule has 0 unspecified atom stereocenters. The summed E-state index contributed by atoms with van der Waals surface area (Å²) in [5, 5.41) is 22.8. The number of nitrogens with zero attached hydrogens (tertiary/aromatic N) is 3. The number of aliphatic hydroxyl groups excluding tert-OH is 2. The summed E-state index contributed by atoms with van der Waals surface area (Å²) in [7, 11) is 0. The van der Waals surface area contributed by atoms with E-state index in [0.29, 0.717) is 18.0 Å². The largest absolute Gasteiger partial charge is 0.396 e. The summed E-state index contributed by atoms with van der Waals surface area (Å²) in [6, 6.07) is 8.77. The molecule has 2 N–H and O–H groups in total. The SMILES string of the molecule is O=C(c1ccn(-c2cccc(Cl)c2)n1)N(CCO)CCCO. The molecule has 0 fully saturated rings. The van der Waals surface area contributed by atoms with Crippen molar-refractivity contribution in [1.82, 2.24) is 14.7 Å². The first-order valence-corrected chi connectivity index (χ1v) is 7.36. The van der Waals surface area contributed by atoms with Gasteiger partial charge in [0.15, 0.2) is 5.69 Å². The maximum Gasteiger partial charge on any atom is 0.274 e. The topological polar surface area (TPSA) is 78.6 Å². The zero-order valence-corrected chi connectivity index (χ0v) is 12.8. The van der Waals surface area contributed by atoms with Gasteiger partial charge >= 0.3 is 0 Å². The van der Waals surface area contributed by atoms with Crippen LogP contribution < -0.4 is 0 Å². The van der Waals surface area contributed by atoms with Crippen molar-refractivity contribution in [3.63, 3.8) is 0 Å². The molecule has 2 aromatic rings. The van der Waals surface area contributed by atoms with Crippen molar-refractivity contribution in [2.24, 2.45) is 0 Å². The van der Waals surface area contributed by atoms with Gasteiger partial charge in [0, 0.05) is 30.9 Å². The van der Waals surface area contributed by atoms with Gasteiger partial charge in [-0.1, -0.05) is 17.7 Å². The zero-order chi connectivity index (χ0) is 15.9. The van der Waals surface area contributed by atoms with Crippen LogP contribution in [0.4, 0.5) is 0 Å². The van der Waals surface area contributed by atoms with Gasteiger partial charge in [0.25, 0.3) is 5.91 Å². The van der Waals surface area contributed by atoms with Crippen LogP contribution in [0.1, 0.15) is 16.9 Å². The van der Waals surface area contributed by atoms with Crippen molar-refractivity contribution >= 4 is 17.5 Å². The van der Waals surface area contributed by atoms with Gasteiger partial charge < -0.3 is 15.1 Å². The summed E-state index contributed by atoms with van der Waals surface area (Å²) >= 11 is 5.95. The third-order valence-corrected chi connectivity index (χ3v) is 3.36. The summed E-state index contributed by atoms with van der Waals surface area (Å²) in [5.41, 5.74) is 1.04. The van der Waals surface area contributed by atoms with Crippen LogP contribution in [0.15, 0.2) is 36.5 Å². The van der Waals surface area contributed by atoms with Crippen LogP contribution in [0.2, 0.25) is 5.02 Å². The van der Waals surface area contributed by atoms with E-state index in [1.807, 2.05) is 6.07 Å². The van der Waals surface area contributed by atoms with E-state index < -0.39 is 0 Å². The van der Waals surface area contributed by atoms with Gasteiger partial charge in [-0.25, -0.2) is 4.68 Å². The Morgan fingerprint density at radius 2 is 2.05 bits per heavy atom. The highest BCUT2D eigenvalue weighted by Gasteiger charge is 2.17. The Morgan fingerprint density at radius 1 is 1.23 bits per heavy atom. The molecule has 0 aliphatic carbocycles. The molecule has 22 heavy (non-hydrogen) atoms. The second-order valence-corrected chi connectivity index (χ2v) is 5.15. The molecule has 1 aromatic carbocycles. The van der Waals surface area contributed by atoms with Crippen molar-refractivity contribution in [3.8, 4) is 5.69 Å². The molecule has 118 valence electrons. The van der Waals surface area contributed by atoms with E-state index in [2.05, 4.69) is 5.10 Å². The smallest absolute Gasteiger partial charge is 0.274 e. The number of aromatic nitrogens is 2. The molecular weight excluding hydrogens is 306 g/mol. The molecule has 1 amide bonds. The van der Waals surface area contributed by atoms with E-state index in [9.17, 15) is 4.79 Å². The molecule has 1 heterocycles. The van der Waals surface area contributed by atoms with Crippen LogP contribution in [0.5, 0.6) is 0 Å². The summed E-state index contributed by atoms with van der Waals surface area (Å²) in [6.07, 6.45) is 2.14. The molecule has 0 saturated carbocycles. The zero-order valence-electron chi connectivity index (χ0n) is 12.0. The number of rotatable bonds is 7. The minimum absolute atomic E-state index is 0.00777. The molecule has 7 heteroatoms. The summed E-state index contributed by atoms with van der Waals surface area (Å²) < 4.78 is 1.57. The van der Waals surface area contributed by atoms with Crippen molar-refractivity contribution in [2.75, 3.05) is 26.3 Å². The normalized spacial score (nSPS) is 10.7. The lowest BCUT2D eigenvalue weighted by atomic mass is 10.3. The van der Waals surface area contributed by atoms with Gasteiger partial charge in [-0.05, 0) is 30.7 Å². The van der Waals surface area contributed by atoms with Crippen LogP contribution >= 0.6 is 11.6 Å². The highest BCUT2D eigenvalue weighted by molar-refractivity contribution is 6.30. The van der Waals surface area contributed by atoms with Gasteiger partial charge in [0.2, 0.25) is 0 Å². The average Bonchev–Trinajstić information content (AvgIpc) is 3.00. The van der Waals surface area contributed by atoms with E-state index in [1.54, 1.807) is 35.1 Å². The van der Waals surface area contributed by atoms with Crippen LogP contribution in [-0.2, 0) is 0 Å². The number of hydrogen-bond acceptors (Lipinski definition) is 4. The van der Waals surface area contributed by atoms with E-state index in [-0.39, 0.29) is 31.4 Å². The maximum atomic E-state index is 12.4. The van der Waals surface area contributed by atoms with Crippen molar-refractivity contribution < 1.29 is 15.0 Å². The molecule has 1 aromatic heterocycles. The Labute approximate surface area is 133 Å². The van der Waals surface area contributed by atoms with Gasteiger partial charge in [-0.2, -0.15) is 5.10 Å². The van der Waals surface area contributed by atoms with Crippen LogP contribution in [-0.4, -0.2) is 57.1 Å². The number of carbonyl (C=O) groups excluding carboxylic acids is 1. The minimum Gasteiger partial charge on any atom is -0.396 e. The number of benzene rings is 1. The first-order chi connectivity index (χ1) is 10.7. The monoisotopic (exact) mass is 323 g/mol. The average molecular weight is 324 g/mol. The number of amides is 1. The molecule has 0 aliphatic rings. The van der Waals surface area contributed by atoms with Gasteiger partial charge in [0.05, 0.1) is 12.3 Å². The highest BCUT2D eigenvalue weighted by atomic mass is 35.5. The van der Waals surface area contributed by atoms with E-state index in [4.69, 9.17) is 21.8 Å². The molecule has 0 saturated heterocycles. The maximum absolute atomic E-state index is 12.4. The van der Waals surface area contributed by atoms with Crippen LogP contribution in [0.25, 0.3) is 5.69 Å². The molecule has 0 radical (unpaired) electrons. The fraction of sp³-hybridized carbons (Fsp3) is 0.333. The predicted octanol–water partition coefficient (Wildman–Crippen LogP) is 1.34. The standard InChI is InChI=1S/C15H18ClN3O3/c16-12-3-1-4-13(11-12)19-7-5-14(17-19)15(22)18(8-10-21)6-2-9-20/h1,3-5,7,11,20-21H,2,6,8-10H2. The van der Waals surface area contributed by atoms with Crippen molar-refractivity contribution in [1.29, 1.82) is 0 Å². The molecule has 0 bridgehead atoms. The summed E-state index contributed by atoms with van der Waals surface area (Å²) in [4.78, 5) is 13.9. The van der Waals surface area contributed by atoms with E-state index in [1.165, 1.54) is 4.90 Å². The fourth-order valence-electron chi connectivity index (χ4n) is 2.06. The lowest BCUT2D eigenvalue weighted by molar-refractivity contribution is 0.0703. The van der Waals surface area contributed by atoms with Crippen molar-refractivity contribution in [2.45, 2.75) is 6.42 Å². The quantitative estimate of drug-likeness (QED) is 0.806. The van der Waals surface area contributed by atoms with E-state index in [0.717, 1.165) is 5.69 Å². The number of hydrogen-bond donors (Lipinski definition) is 2. The minimum atomic E-state index is -0.275. The van der Waals surface area contributed by atoms with Crippen molar-refractivity contribution in [3.05, 3.63) is 47.2 Å². The second-order valence-electron chi connectivity index (χ2n) is 4.72. The Morgan fingerprint density at radius 3 is 2.73 bits per heavy atom. The van der Waals surface area contributed by atoms with Gasteiger partial charge in [-0.3, -0.25) is 4.79 Å². The lowest BCUT2D eigenvalue weighted by Gasteiger charge is -2.20. The molecular formula is C15H18ClN3O3. The second kappa shape index (κ2) is 7.93. The fourth-order valence-corrected chi connectivity index (χ4v) is 2.24. The van der Waals surface area contributed by atoms with Gasteiger partial charge in [-0.15, -0.1) is 0 Å². The number of carbonyl (C=O) groups is 1. The summed E-state index contributed by atoms with van der Waals surface area (Å²) in [6.45, 7) is 0.446. The highest BCUT2D eigenvalue weighted by Crippen LogP contribution is 2.15. The van der Waals surface area contributed by atoms with Crippen LogP contribution in [0, 0.1) is 0 Å². The summed E-state index contributed by atoms with van der Waals surface area (Å²) in [5.74, 6) is -0.275. The molecule has 6 nitrogen and oxygen atoms in total. The first-order valence-electron chi connectivity index (χ1n) is 6.98. The van der Waals surface area contributed by atoms with E-state index >= 15 is 0 Å². The van der Waals surface area contributed by atoms with Crippen LogP contribution in [0.3, 0.4) is 0 Å². The Bertz CT molecular complexity index is 630. The molecule has 0 atom stereocenters. The first kappa shape index (κ1) is 16.5. The Hall–Kier alpha value is -1.89. The van der Waals surface area contributed by atoms with Gasteiger partial charge in [0.1, 0.15) is 0 Å². The third-order valence-electron chi connectivity index (χ3n) is 3.12. The molecule has 0 aliphatic heterocycles. The number of aliphatic hydroxyl groups is 2. The molecule has 0 spiro atoms. The Balaban J connectivity index is 2.16. The number of halogens is 1. The third kappa shape index (κ3) is 4.07. The Kier molecular flexibility index (Phi) is 5.94. The predicted molar refractivity (Wildman–Crippen MR) is 83.3 cm³/mol.